The summed E-state index contributed by atoms with van der Waals surface area (Å²) in [4.78, 5) is 26.2. The largest absolute Gasteiger partial charge is 0.476 e. The lowest BCUT2D eigenvalue weighted by atomic mass is 10.1. The second-order valence-electron chi connectivity index (χ2n) is 9.21. The lowest BCUT2D eigenvalue weighted by molar-refractivity contribution is -0.158. The number of carbonyl (C=O) groups is 2. The van der Waals surface area contributed by atoms with Crippen LogP contribution in [-0.4, -0.2) is 33.9 Å². The van der Waals surface area contributed by atoms with E-state index in [4.69, 9.17) is 9.47 Å². The molecular formula is C29H31N3O4S. The molecule has 4 aromatic rings. The minimum absolute atomic E-state index is 0.251. The minimum atomic E-state index is -1.10. The highest BCUT2D eigenvalue weighted by atomic mass is 32.1. The van der Waals surface area contributed by atoms with Crippen LogP contribution in [-0.2, 0) is 23.1 Å². The van der Waals surface area contributed by atoms with Crippen LogP contribution < -0.4 is 10.1 Å². The molecule has 0 saturated heterocycles. The van der Waals surface area contributed by atoms with Crippen molar-refractivity contribution in [3.8, 4) is 27.4 Å². The quantitative estimate of drug-likeness (QED) is 0.285. The molecular weight excluding hydrogens is 486 g/mol. The van der Waals surface area contributed by atoms with Gasteiger partial charge >= 0.3 is 5.97 Å². The molecule has 0 unspecified atom stereocenters. The number of amides is 1. The van der Waals surface area contributed by atoms with Gasteiger partial charge in [0.2, 0.25) is 0 Å². The molecule has 8 heteroatoms. The number of ether oxygens (including phenoxy) is 2. The van der Waals surface area contributed by atoms with E-state index < -0.39 is 11.6 Å². The Bertz CT molecular complexity index is 1390. The number of hydrogen-bond acceptors (Lipinski definition) is 6. The summed E-state index contributed by atoms with van der Waals surface area (Å²) in [5.74, 6) is -0.0787. The fraction of sp³-hybridized carbons (Fsp3) is 0.276. The third-order valence-electron chi connectivity index (χ3n) is 5.92. The van der Waals surface area contributed by atoms with Gasteiger partial charge in [0.25, 0.3) is 5.91 Å². The summed E-state index contributed by atoms with van der Waals surface area (Å²) in [5, 5.41) is 9.42. The van der Waals surface area contributed by atoms with E-state index in [-0.39, 0.29) is 5.91 Å². The molecule has 0 bridgehead atoms. The predicted molar refractivity (Wildman–Crippen MR) is 146 cm³/mol. The zero-order valence-electron chi connectivity index (χ0n) is 21.7. The van der Waals surface area contributed by atoms with Gasteiger partial charge < -0.3 is 14.8 Å². The molecule has 2 heterocycles. The van der Waals surface area contributed by atoms with Crippen LogP contribution in [0.5, 0.6) is 5.75 Å². The van der Waals surface area contributed by atoms with Crippen molar-refractivity contribution in [1.82, 2.24) is 15.1 Å². The van der Waals surface area contributed by atoms with Crippen molar-refractivity contribution >= 4 is 23.2 Å². The highest BCUT2D eigenvalue weighted by Gasteiger charge is 2.32. The molecule has 1 amide bonds. The first kappa shape index (κ1) is 26.2. The molecule has 2 aromatic heterocycles. The maximum atomic E-state index is 12.8. The number of hydrogen-bond donors (Lipinski definition) is 1. The Kier molecular flexibility index (Phi) is 7.78. The van der Waals surface area contributed by atoms with Gasteiger partial charge in [-0.15, -0.1) is 11.3 Å². The summed E-state index contributed by atoms with van der Waals surface area (Å²) in [6.07, 6.45) is 0. The zero-order valence-corrected chi connectivity index (χ0v) is 22.5. The smallest absolute Gasteiger partial charge is 0.349 e. The lowest BCUT2D eigenvalue weighted by Gasteiger charge is -2.25. The van der Waals surface area contributed by atoms with E-state index in [0.29, 0.717) is 24.6 Å². The van der Waals surface area contributed by atoms with Crippen LogP contribution in [0.3, 0.4) is 0 Å². The number of esters is 1. The fourth-order valence-electron chi connectivity index (χ4n) is 3.93. The number of rotatable bonds is 9. The van der Waals surface area contributed by atoms with Gasteiger partial charge in [-0.1, -0.05) is 42.5 Å². The number of aryl methyl sites for hydroxylation is 2. The van der Waals surface area contributed by atoms with Crippen molar-refractivity contribution in [2.24, 2.45) is 7.05 Å². The molecule has 4 rings (SSSR count). The van der Waals surface area contributed by atoms with Crippen LogP contribution in [0, 0.1) is 6.92 Å². The third-order valence-corrected chi connectivity index (χ3v) is 6.84. The Labute approximate surface area is 221 Å². The third kappa shape index (κ3) is 6.09. The van der Waals surface area contributed by atoms with E-state index in [0.717, 1.165) is 27.9 Å². The van der Waals surface area contributed by atoms with Gasteiger partial charge in [0.1, 0.15) is 5.75 Å². The summed E-state index contributed by atoms with van der Waals surface area (Å²) >= 11 is 1.70. The molecule has 0 saturated carbocycles. The Balaban J connectivity index is 1.39. The number of carbonyl (C=O) groups excluding carboxylic acids is 2. The molecule has 1 N–H and O–H groups in total. The SMILES string of the molecule is CCOC(=O)C(C)(C)Oc1ccc(CNC(=O)c2cc(-c3ccc(-c4cccs4)cc3)n(C)n2)cc1C. The Morgan fingerprint density at radius 3 is 2.43 bits per heavy atom. The van der Waals surface area contributed by atoms with Gasteiger partial charge in [-0.05, 0) is 73.5 Å². The molecule has 37 heavy (non-hydrogen) atoms. The first-order valence-corrected chi connectivity index (χ1v) is 13.0. The molecule has 7 nitrogen and oxygen atoms in total. The van der Waals surface area contributed by atoms with Gasteiger partial charge in [0, 0.05) is 18.5 Å². The van der Waals surface area contributed by atoms with Crippen molar-refractivity contribution in [1.29, 1.82) is 0 Å². The molecule has 0 atom stereocenters. The molecule has 0 radical (unpaired) electrons. The summed E-state index contributed by atoms with van der Waals surface area (Å²) in [6, 6.07) is 19.8. The van der Waals surface area contributed by atoms with Gasteiger partial charge in [-0.2, -0.15) is 5.10 Å². The number of thiophene rings is 1. The predicted octanol–water partition coefficient (Wildman–Crippen LogP) is 5.77. The monoisotopic (exact) mass is 517 g/mol. The number of aromatic nitrogens is 2. The van der Waals surface area contributed by atoms with E-state index in [1.54, 1.807) is 48.9 Å². The number of nitrogens with zero attached hydrogens (tertiary/aromatic N) is 2. The number of nitrogens with one attached hydrogen (secondary N) is 1. The topological polar surface area (TPSA) is 82.5 Å². The Morgan fingerprint density at radius 2 is 1.78 bits per heavy atom. The van der Waals surface area contributed by atoms with E-state index in [1.807, 2.05) is 44.3 Å². The van der Waals surface area contributed by atoms with Crippen LogP contribution in [0.1, 0.15) is 42.4 Å². The van der Waals surface area contributed by atoms with Gasteiger partial charge in [0.15, 0.2) is 11.3 Å². The van der Waals surface area contributed by atoms with Crippen molar-refractivity contribution in [2.45, 2.75) is 39.8 Å². The summed E-state index contributed by atoms with van der Waals surface area (Å²) < 4.78 is 12.7. The number of benzene rings is 2. The van der Waals surface area contributed by atoms with E-state index in [2.05, 4.69) is 34.0 Å². The van der Waals surface area contributed by atoms with Gasteiger partial charge in [-0.25, -0.2) is 4.79 Å². The maximum Gasteiger partial charge on any atom is 0.349 e. The van der Waals surface area contributed by atoms with Gasteiger partial charge in [-0.3, -0.25) is 9.48 Å². The molecule has 0 aliphatic heterocycles. The first-order valence-electron chi connectivity index (χ1n) is 12.1. The fourth-order valence-corrected chi connectivity index (χ4v) is 4.66. The standard InChI is InChI=1S/C29H31N3O4S/c1-6-35-28(34)29(3,4)36-25-14-9-20(16-19(25)2)18-30-27(33)23-17-24(32(5)31-23)21-10-12-22(13-11-21)26-8-7-15-37-26/h7-17H,6,18H2,1-5H3,(H,30,33). The minimum Gasteiger partial charge on any atom is -0.476 e. The van der Waals surface area contributed by atoms with Crippen molar-refractivity contribution in [3.63, 3.8) is 0 Å². The van der Waals surface area contributed by atoms with E-state index in [9.17, 15) is 9.59 Å². The van der Waals surface area contributed by atoms with Crippen LogP contribution in [0.15, 0.2) is 66.0 Å². The van der Waals surface area contributed by atoms with Crippen molar-refractivity contribution in [2.75, 3.05) is 6.61 Å². The second kappa shape index (κ2) is 11.0. The molecule has 192 valence electrons. The van der Waals surface area contributed by atoms with Crippen LogP contribution >= 0.6 is 11.3 Å². The Morgan fingerprint density at radius 1 is 1.05 bits per heavy atom. The molecule has 0 aliphatic carbocycles. The molecule has 0 spiro atoms. The van der Waals surface area contributed by atoms with Gasteiger partial charge in [0.05, 0.1) is 12.3 Å². The summed E-state index contributed by atoms with van der Waals surface area (Å²) in [7, 11) is 1.83. The summed E-state index contributed by atoms with van der Waals surface area (Å²) in [5.41, 5.74) is 4.04. The molecule has 2 aromatic carbocycles. The van der Waals surface area contributed by atoms with Crippen LogP contribution in [0.4, 0.5) is 0 Å². The van der Waals surface area contributed by atoms with E-state index in [1.165, 1.54) is 4.88 Å². The highest BCUT2D eigenvalue weighted by Crippen LogP contribution is 2.28. The zero-order chi connectivity index (χ0) is 26.6. The summed E-state index contributed by atoms with van der Waals surface area (Å²) in [6.45, 7) is 7.65. The Hall–Kier alpha value is -3.91. The van der Waals surface area contributed by atoms with E-state index >= 15 is 0 Å². The molecule has 0 aliphatic rings. The normalized spacial score (nSPS) is 11.3. The van der Waals surface area contributed by atoms with Crippen LogP contribution in [0.25, 0.3) is 21.7 Å². The average Bonchev–Trinajstić information content (AvgIpc) is 3.54. The first-order chi connectivity index (χ1) is 17.7. The highest BCUT2D eigenvalue weighted by molar-refractivity contribution is 7.13. The van der Waals surface area contributed by atoms with Crippen molar-refractivity contribution in [3.05, 3.63) is 82.9 Å². The average molecular weight is 518 g/mol. The van der Waals surface area contributed by atoms with Crippen LogP contribution in [0.2, 0.25) is 0 Å². The second-order valence-corrected chi connectivity index (χ2v) is 10.2. The van der Waals surface area contributed by atoms with Crippen molar-refractivity contribution < 1.29 is 19.1 Å². The maximum absolute atomic E-state index is 12.8. The molecule has 0 fully saturated rings. The lowest BCUT2D eigenvalue weighted by Crippen LogP contribution is -2.39.